The molecule has 0 spiro atoms. The molecule has 1 heterocycles. The number of nitrogens with one attached hydrogen (secondary N) is 1. The molecule has 3 heteroatoms. The van der Waals surface area contributed by atoms with E-state index in [2.05, 4.69) is 61.1 Å². The van der Waals surface area contributed by atoms with E-state index >= 15 is 0 Å². The van der Waals surface area contributed by atoms with E-state index in [0.29, 0.717) is 0 Å². The monoisotopic (exact) mass is 304 g/mol. The minimum Gasteiger partial charge on any atom is -0.321 e. The summed E-state index contributed by atoms with van der Waals surface area (Å²) in [5.41, 5.74) is 0.918. The van der Waals surface area contributed by atoms with Crippen LogP contribution in [0.2, 0.25) is 18.6 Å². The Balaban J connectivity index is 1.88. The molecule has 2 aliphatic carbocycles. The van der Waals surface area contributed by atoms with Crippen LogP contribution in [0.4, 0.5) is 0 Å². The first-order chi connectivity index (χ1) is 10.0. The predicted molar refractivity (Wildman–Crippen MR) is 93.9 cm³/mol. The molecule has 1 saturated heterocycles. The first kappa shape index (κ1) is 15.5. The Labute approximate surface area is 131 Å². The van der Waals surface area contributed by atoms with Crippen molar-refractivity contribution in [2.75, 3.05) is 26.2 Å². The van der Waals surface area contributed by atoms with E-state index < -0.39 is 8.24 Å². The van der Waals surface area contributed by atoms with Gasteiger partial charge in [0.25, 0.3) is 0 Å². The van der Waals surface area contributed by atoms with Gasteiger partial charge in [-0.1, -0.05) is 51.2 Å². The average Bonchev–Trinajstić information content (AvgIpc) is 2.88. The highest BCUT2D eigenvalue weighted by Crippen LogP contribution is 2.55. The van der Waals surface area contributed by atoms with Crippen LogP contribution in [-0.4, -0.2) is 39.0 Å². The van der Waals surface area contributed by atoms with Gasteiger partial charge in [0, 0.05) is 26.2 Å². The van der Waals surface area contributed by atoms with E-state index in [0.717, 1.165) is 29.2 Å². The van der Waals surface area contributed by atoms with Crippen LogP contribution in [0.25, 0.3) is 0 Å². The SMILES string of the molecule is CC(C)C1CC2C=CC=CC2C1[Si](C)(C)N1CCNCC1. The molecule has 4 unspecified atom stereocenters. The smallest absolute Gasteiger partial charge is 0.126 e. The lowest BCUT2D eigenvalue weighted by Gasteiger charge is -2.48. The van der Waals surface area contributed by atoms with E-state index in [1.807, 2.05) is 0 Å². The molecule has 1 aliphatic heterocycles. The fourth-order valence-corrected chi connectivity index (χ4v) is 9.84. The summed E-state index contributed by atoms with van der Waals surface area (Å²) in [6.45, 7) is 15.1. The van der Waals surface area contributed by atoms with Crippen molar-refractivity contribution in [3.8, 4) is 0 Å². The zero-order chi connectivity index (χ0) is 15.0. The third-order valence-corrected chi connectivity index (χ3v) is 10.8. The molecule has 2 fully saturated rings. The second-order valence-corrected chi connectivity index (χ2v) is 12.7. The molecule has 0 bridgehead atoms. The highest BCUT2D eigenvalue weighted by molar-refractivity contribution is 6.76. The van der Waals surface area contributed by atoms with E-state index in [1.54, 1.807) is 0 Å². The van der Waals surface area contributed by atoms with Gasteiger partial charge < -0.3 is 9.88 Å². The lowest BCUT2D eigenvalue weighted by Crippen LogP contribution is -2.60. The third kappa shape index (κ3) is 2.80. The molecular weight excluding hydrogens is 272 g/mol. The number of fused-ring (bicyclic) bond motifs is 1. The minimum absolute atomic E-state index is 0.805. The summed E-state index contributed by atoms with van der Waals surface area (Å²) in [5.74, 6) is 3.34. The summed E-state index contributed by atoms with van der Waals surface area (Å²) in [7, 11) is -1.40. The summed E-state index contributed by atoms with van der Waals surface area (Å²) in [6, 6.07) is 0. The highest BCUT2D eigenvalue weighted by atomic mass is 28.3. The fourth-order valence-electron chi connectivity index (χ4n) is 5.17. The Morgan fingerprint density at radius 3 is 2.43 bits per heavy atom. The molecule has 118 valence electrons. The number of hydrogen-bond donors (Lipinski definition) is 1. The van der Waals surface area contributed by atoms with Gasteiger partial charge in [-0.05, 0) is 35.6 Å². The van der Waals surface area contributed by atoms with Gasteiger partial charge in [-0.2, -0.15) is 0 Å². The van der Waals surface area contributed by atoms with Crippen molar-refractivity contribution < 1.29 is 0 Å². The lowest BCUT2D eigenvalue weighted by atomic mass is 9.91. The topological polar surface area (TPSA) is 15.3 Å². The molecule has 3 rings (SSSR count). The van der Waals surface area contributed by atoms with Crippen molar-refractivity contribution in [1.29, 1.82) is 0 Å². The molecule has 0 amide bonds. The Morgan fingerprint density at radius 2 is 1.76 bits per heavy atom. The Hall–Kier alpha value is -0.383. The van der Waals surface area contributed by atoms with E-state index in [9.17, 15) is 0 Å². The molecule has 1 N–H and O–H groups in total. The Kier molecular flexibility index (Phi) is 4.44. The number of rotatable bonds is 3. The normalized spacial score (nSPS) is 37.2. The number of piperazine rings is 1. The predicted octanol–water partition coefficient (Wildman–Crippen LogP) is 3.50. The molecule has 4 atom stereocenters. The van der Waals surface area contributed by atoms with Gasteiger partial charge in [0.05, 0.1) is 0 Å². The molecule has 0 aromatic carbocycles. The molecule has 3 aliphatic rings. The van der Waals surface area contributed by atoms with Gasteiger partial charge >= 0.3 is 0 Å². The summed E-state index contributed by atoms with van der Waals surface area (Å²) in [5, 5.41) is 3.52. The first-order valence-corrected chi connectivity index (χ1v) is 11.8. The summed E-state index contributed by atoms with van der Waals surface area (Å²) >= 11 is 0. The van der Waals surface area contributed by atoms with E-state index in [-0.39, 0.29) is 0 Å². The average molecular weight is 305 g/mol. The van der Waals surface area contributed by atoms with Crippen LogP contribution in [0.1, 0.15) is 20.3 Å². The Morgan fingerprint density at radius 1 is 1.10 bits per heavy atom. The number of hydrogen-bond acceptors (Lipinski definition) is 2. The second-order valence-electron chi connectivity index (χ2n) is 8.07. The first-order valence-electron chi connectivity index (χ1n) is 8.82. The molecule has 2 nitrogen and oxygen atoms in total. The van der Waals surface area contributed by atoms with E-state index in [1.165, 1.54) is 32.6 Å². The number of nitrogens with zero attached hydrogens (tertiary/aromatic N) is 1. The summed E-state index contributed by atoms with van der Waals surface area (Å²) < 4.78 is 2.89. The third-order valence-electron chi connectivity index (χ3n) is 6.32. The van der Waals surface area contributed by atoms with Gasteiger partial charge in [-0.25, -0.2) is 0 Å². The van der Waals surface area contributed by atoms with Crippen LogP contribution in [0, 0.1) is 23.7 Å². The maximum Gasteiger partial charge on any atom is 0.126 e. The lowest BCUT2D eigenvalue weighted by molar-refractivity contribution is 0.320. The van der Waals surface area contributed by atoms with Gasteiger partial charge in [-0.15, -0.1) is 0 Å². The van der Waals surface area contributed by atoms with Crippen LogP contribution in [-0.2, 0) is 0 Å². The molecule has 1 saturated carbocycles. The largest absolute Gasteiger partial charge is 0.321 e. The van der Waals surface area contributed by atoms with Gasteiger partial charge in [0.2, 0.25) is 0 Å². The standard InChI is InChI=1S/C18H32N2Si/c1-14(2)17-13-15-7-5-6-8-16(15)18(17)21(3,4)20-11-9-19-10-12-20/h5-8,14-19H,9-13H2,1-4H3. The number of allylic oxidation sites excluding steroid dienone is 4. The van der Waals surface area contributed by atoms with Gasteiger partial charge in [0.1, 0.15) is 8.24 Å². The van der Waals surface area contributed by atoms with Crippen molar-refractivity contribution in [2.24, 2.45) is 23.7 Å². The summed E-state index contributed by atoms with van der Waals surface area (Å²) in [6.07, 6.45) is 11.0. The molecule has 0 aromatic rings. The van der Waals surface area contributed by atoms with Crippen molar-refractivity contribution >= 4 is 8.24 Å². The quantitative estimate of drug-likeness (QED) is 0.803. The minimum atomic E-state index is -1.40. The van der Waals surface area contributed by atoms with Crippen LogP contribution in [0.3, 0.4) is 0 Å². The highest BCUT2D eigenvalue weighted by Gasteiger charge is 2.52. The molecular formula is C18H32N2Si. The van der Waals surface area contributed by atoms with Gasteiger partial charge in [0.15, 0.2) is 0 Å². The fraction of sp³-hybridized carbons (Fsp3) is 0.778. The van der Waals surface area contributed by atoms with Crippen LogP contribution in [0.15, 0.2) is 24.3 Å². The van der Waals surface area contributed by atoms with E-state index in [4.69, 9.17) is 0 Å². The van der Waals surface area contributed by atoms with Crippen molar-refractivity contribution in [2.45, 2.75) is 38.9 Å². The van der Waals surface area contributed by atoms with Crippen LogP contribution in [0.5, 0.6) is 0 Å². The maximum absolute atomic E-state index is 3.52. The summed E-state index contributed by atoms with van der Waals surface area (Å²) in [4.78, 5) is 0. The van der Waals surface area contributed by atoms with Crippen LogP contribution >= 0.6 is 0 Å². The Bertz CT molecular complexity index is 421. The van der Waals surface area contributed by atoms with Gasteiger partial charge in [-0.3, -0.25) is 0 Å². The molecule has 21 heavy (non-hydrogen) atoms. The van der Waals surface area contributed by atoms with Crippen LogP contribution < -0.4 is 5.32 Å². The maximum atomic E-state index is 3.52. The zero-order valence-corrected chi connectivity index (χ0v) is 15.2. The van der Waals surface area contributed by atoms with Crippen molar-refractivity contribution in [1.82, 2.24) is 9.88 Å². The van der Waals surface area contributed by atoms with Crippen molar-refractivity contribution in [3.63, 3.8) is 0 Å². The second kappa shape index (κ2) is 6.02. The molecule has 0 radical (unpaired) electrons. The van der Waals surface area contributed by atoms with Crippen molar-refractivity contribution in [3.05, 3.63) is 24.3 Å². The zero-order valence-electron chi connectivity index (χ0n) is 14.2. The molecule has 0 aromatic heterocycles.